The van der Waals surface area contributed by atoms with Gasteiger partial charge >= 0.3 is 0 Å². The van der Waals surface area contributed by atoms with E-state index in [2.05, 4.69) is 15.2 Å². The Kier molecular flexibility index (Phi) is 4.95. The fourth-order valence-electron chi connectivity index (χ4n) is 3.93. The van der Waals surface area contributed by atoms with Crippen LogP contribution in [-0.4, -0.2) is 41.1 Å². The summed E-state index contributed by atoms with van der Waals surface area (Å²) < 4.78 is 19.0. The molecule has 0 radical (unpaired) electrons. The van der Waals surface area contributed by atoms with E-state index in [4.69, 9.17) is 4.74 Å². The quantitative estimate of drug-likeness (QED) is 0.916. The summed E-state index contributed by atoms with van der Waals surface area (Å²) >= 11 is 0. The van der Waals surface area contributed by atoms with Crippen LogP contribution < -0.4 is 5.32 Å². The minimum Gasteiger partial charge on any atom is -0.377 e. The van der Waals surface area contributed by atoms with E-state index in [0.29, 0.717) is 24.8 Å². The number of likely N-dealkylation sites (tertiary alicyclic amines) is 1. The minimum atomic E-state index is -0.233. The minimum absolute atomic E-state index is 0.00365. The van der Waals surface area contributed by atoms with Crippen LogP contribution in [0.5, 0.6) is 0 Å². The van der Waals surface area contributed by atoms with Gasteiger partial charge in [-0.1, -0.05) is 12.1 Å². The summed E-state index contributed by atoms with van der Waals surface area (Å²) in [5.41, 5.74) is 1.75. The van der Waals surface area contributed by atoms with Gasteiger partial charge < -0.3 is 10.1 Å². The van der Waals surface area contributed by atoms with Crippen LogP contribution in [0, 0.1) is 11.7 Å². The predicted octanol–water partition coefficient (Wildman–Crippen LogP) is 2.84. The number of pyridine rings is 1. The van der Waals surface area contributed by atoms with Crippen LogP contribution in [0.1, 0.15) is 18.4 Å². The number of amides is 1. The second-order valence-corrected chi connectivity index (χ2v) is 6.98. The van der Waals surface area contributed by atoms with Gasteiger partial charge in [-0.3, -0.25) is 14.7 Å². The van der Waals surface area contributed by atoms with Crippen molar-refractivity contribution in [3.05, 3.63) is 60.2 Å². The highest BCUT2D eigenvalue weighted by atomic mass is 19.1. The summed E-state index contributed by atoms with van der Waals surface area (Å²) in [5, 5.41) is 2.95. The number of ether oxygens (including phenoxy) is 1. The first kappa shape index (κ1) is 17.1. The molecule has 1 aromatic carbocycles. The van der Waals surface area contributed by atoms with Gasteiger partial charge in [0.2, 0.25) is 5.91 Å². The number of carbonyl (C=O) groups is 1. The number of halogens is 1. The molecule has 1 N–H and O–H groups in total. The first-order chi connectivity index (χ1) is 12.7. The first-order valence-corrected chi connectivity index (χ1v) is 9.00. The van der Waals surface area contributed by atoms with E-state index in [9.17, 15) is 9.18 Å². The number of hydrogen-bond acceptors (Lipinski definition) is 4. The summed E-state index contributed by atoms with van der Waals surface area (Å²) in [6.45, 7) is 2.10. The molecule has 2 aliphatic heterocycles. The summed E-state index contributed by atoms with van der Waals surface area (Å²) in [7, 11) is 0. The zero-order valence-corrected chi connectivity index (χ0v) is 14.5. The van der Waals surface area contributed by atoms with Crippen molar-refractivity contribution in [3.63, 3.8) is 0 Å². The number of hydrogen-bond donors (Lipinski definition) is 1. The van der Waals surface area contributed by atoms with Crippen LogP contribution in [0.3, 0.4) is 0 Å². The predicted molar refractivity (Wildman–Crippen MR) is 95.9 cm³/mol. The van der Waals surface area contributed by atoms with Crippen molar-refractivity contribution in [1.82, 2.24) is 9.88 Å². The lowest BCUT2D eigenvalue weighted by molar-refractivity contribution is -0.124. The van der Waals surface area contributed by atoms with Gasteiger partial charge in [0.15, 0.2) is 0 Å². The van der Waals surface area contributed by atoms with Gasteiger partial charge in [-0.25, -0.2) is 4.39 Å². The Balaban J connectivity index is 1.47. The zero-order valence-electron chi connectivity index (χ0n) is 14.5. The maximum Gasteiger partial charge on any atom is 0.228 e. The molecule has 2 aromatic rings. The molecule has 0 bridgehead atoms. The third kappa shape index (κ3) is 3.76. The molecule has 0 aliphatic carbocycles. The van der Waals surface area contributed by atoms with Gasteiger partial charge in [-0.05, 0) is 42.7 Å². The number of fused-ring (bicyclic) bond motifs is 1. The molecular weight excluding hydrogens is 333 g/mol. The maximum absolute atomic E-state index is 13.2. The molecule has 2 saturated heterocycles. The molecule has 3 atom stereocenters. The molecule has 2 aliphatic rings. The summed E-state index contributed by atoms with van der Waals surface area (Å²) in [4.78, 5) is 19.1. The highest BCUT2D eigenvalue weighted by Gasteiger charge is 2.42. The molecule has 5 nitrogen and oxygen atoms in total. The van der Waals surface area contributed by atoms with E-state index in [1.807, 2.05) is 6.07 Å². The van der Waals surface area contributed by atoms with Gasteiger partial charge in [-0.15, -0.1) is 0 Å². The number of carbonyl (C=O) groups excluding carboxylic acids is 1. The number of nitrogens with zero attached hydrogens (tertiary/aromatic N) is 2. The van der Waals surface area contributed by atoms with Crippen LogP contribution in [0.4, 0.5) is 10.1 Å². The molecule has 136 valence electrons. The summed E-state index contributed by atoms with van der Waals surface area (Å²) in [6.07, 6.45) is 5.11. The fraction of sp³-hybridized carbons (Fsp3) is 0.400. The normalized spacial score (nSPS) is 25.7. The molecule has 1 aromatic heterocycles. The lowest BCUT2D eigenvalue weighted by Gasteiger charge is -2.40. The van der Waals surface area contributed by atoms with E-state index in [-0.39, 0.29) is 23.7 Å². The number of benzene rings is 1. The summed E-state index contributed by atoms with van der Waals surface area (Å²) in [6, 6.07) is 10.5. The van der Waals surface area contributed by atoms with Crippen molar-refractivity contribution in [2.75, 3.05) is 18.5 Å². The molecule has 0 spiro atoms. The molecule has 1 amide bonds. The van der Waals surface area contributed by atoms with Crippen molar-refractivity contribution in [3.8, 4) is 0 Å². The standard InChI is InChI=1S/C20H22FN3O2/c21-16-5-3-14(4-6-16)12-24-13-15(10-19-18(24)7-9-26-19)20(25)23-17-2-1-8-22-11-17/h1-6,8,11,15,18-19H,7,9-10,12-13H2,(H,23,25)/t15-,18+,19+/m0/s1. The van der Waals surface area contributed by atoms with Crippen molar-refractivity contribution in [1.29, 1.82) is 0 Å². The zero-order chi connectivity index (χ0) is 17.9. The van der Waals surface area contributed by atoms with Gasteiger partial charge in [0.25, 0.3) is 0 Å². The summed E-state index contributed by atoms with van der Waals surface area (Å²) in [5.74, 6) is -0.380. The lowest BCUT2D eigenvalue weighted by Crippen LogP contribution is -2.51. The number of anilines is 1. The monoisotopic (exact) mass is 355 g/mol. The molecule has 3 heterocycles. The third-order valence-electron chi connectivity index (χ3n) is 5.21. The van der Waals surface area contributed by atoms with Crippen molar-refractivity contribution in [2.45, 2.75) is 31.5 Å². The number of aromatic nitrogens is 1. The molecule has 6 heteroatoms. The highest BCUT2D eigenvalue weighted by molar-refractivity contribution is 5.92. The Morgan fingerprint density at radius 2 is 2.15 bits per heavy atom. The van der Waals surface area contributed by atoms with E-state index in [1.54, 1.807) is 30.6 Å². The Morgan fingerprint density at radius 3 is 2.92 bits per heavy atom. The number of nitrogens with one attached hydrogen (secondary N) is 1. The fourth-order valence-corrected chi connectivity index (χ4v) is 3.93. The lowest BCUT2D eigenvalue weighted by atomic mass is 9.89. The number of rotatable bonds is 4. The first-order valence-electron chi connectivity index (χ1n) is 9.00. The molecule has 0 unspecified atom stereocenters. The highest BCUT2D eigenvalue weighted by Crippen LogP contribution is 2.33. The smallest absolute Gasteiger partial charge is 0.228 e. The van der Waals surface area contributed by atoms with Crippen LogP contribution in [-0.2, 0) is 16.1 Å². The van der Waals surface area contributed by atoms with Crippen LogP contribution in [0.15, 0.2) is 48.8 Å². The molecule has 0 saturated carbocycles. The Bertz CT molecular complexity index is 753. The van der Waals surface area contributed by atoms with Gasteiger partial charge in [0.1, 0.15) is 5.82 Å². The molecule has 26 heavy (non-hydrogen) atoms. The van der Waals surface area contributed by atoms with Crippen LogP contribution >= 0.6 is 0 Å². The second kappa shape index (κ2) is 7.51. The third-order valence-corrected chi connectivity index (χ3v) is 5.21. The van der Waals surface area contributed by atoms with Crippen LogP contribution in [0.25, 0.3) is 0 Å². The van der Waals surface area contributed by atoms with E-state index >= 15 is 0 Å². The average Bonchev–Trinajstić information content (AvgIpc) is 3.13. The van der Waals surface area contributed by atoms with Gasteiger partial charge in [0.05, 0.1) is 23.9 Å². The molecular formula is C20H22FN3O2. The van der Waals surface area contributed by atoms with Crippen molar-refractivity contribution >= 4 is 11.6 Å². The molecule has 2 fully saturated rings. The van der Waals surface area contributed by atoms with Gasteiger partial charge in [-0.2, -0.15) is 0 Å². The van der Waals surface area contributed by atoms with E-state index < -0.39 is 0 Å². The second-order valence-electron chi connectivity index (χ2n) is 6.98. The Morgan fingerprint density at radius 1 is 1.31 bits per heavy atom. The van der Waals surface area contributed by atoms with Crippen LogP contribution in [0.2, 0.25) is 0 Å². The van der Waals surface area contributed by atoms with Gasteiger partial charge in [0, 0.05) is 31.9 Å². The maximum atomic E-state index is 13.2. The average molecular weight is 355 g/mol. The topological polar surface area (TPSA) is 54.5 Å². The molecule has 4 rings (SSSR count). The largest absolute Gasteiger partial charge is 0.377 e. The Labute approximate surface area is 152 Å². The van der Waals surface area contributed by atoms with E-state index in [1.165, 1.54) is 12.1 Å². The van der Waals surface area contributed by atoms with Crippen molar-refractivity contribution < 1.29 is 13.9 Å². The number of piperidine rings is 1. The SMILES string of the molecule is O=C(Nc1cccnc1)[C@H]1C[C@H]2OCC[C@H]2N(Cc2ccc(F)cc2)C1. The Hall–Kier alpha value is -2.31. The van der Waals surface area contributed by atoms with E-state index in [0.717, 1.165) is 25.0 Å². The van der Waals surface area contributed by atoms with Crippen molar-refractivity contribution in [2.24, 2.45) is 5.92 Å².